The van der Waals surface area contributed by atoms with Gasteiger partial charge in [0, 0.05) is 12.2 Å². The van der Waals surface area contributed by atoms with E-state index in [1.807, 2.05) is 44.2 Å². The quantitative estimate of drug-likeness (QED) is 0.711. The van der Waals surface area contributed by atoms with Gasteiger partial charge < -0.3 is 20.1 Å². The maximum atomic E-state index is 12.0. The lowest BCUT2D eigenvalue weighted by Gasteiger charge is -2.12. The maximum absolute atomic E-state index is 12.0. The highest BCUT2D eigenvalue weighted by Crippen LogP contribution is 2.21. The number of nitrogens with one attached hydrogen (secondary N) is 2. The second-order valence-corrected chi connectivity index (χ2v) is 5.90. The molecule has 0 aliphatic carbocycles. The van der Waals surface area contributed by atoms with Crippen molar-refractivity contribution in [2.45, 2.75) is 20.4 Å². The molecular formula is C20H24N2O4. The molecule has 138 valence electrons. The first kappa shape index (κ1) is 19.3. The fourth-order valence-electron chi connectivity index (χ4n) is 2.37. The molecule has 26 heavy (non-hydrogen) atoms. The van der Waals surface area contributed by atoms with Crippen molar-refractivity contribution in [2.24, 2.45) is 0 Å². The largest absolute Gasteiger partial charge is 0.482 e. The van der Waals surface area contributed by atoms with Gasteiger partial charge in [0.15, 0.2) is 6.61 Å². The van der Waals surface area contributed by atoms with Gasteiger partial charge >= 0.3 is 5.97 Å². The Morgan fingerprint density at radius 2 is 1.81 bits per heavy atom. The van der Waals surface area contributed by atoms with Crippen LogP contribution in [0.5, 0.6) is 5.75 Å². The number of carbonyl (C=O) groups is 2. The van der Waals surface area contributed by atoms with E-state index in [-0.39, 0.29) is 19.1 Å². The molecule has 2 aromatic rings. The van der Waals surface area contributed by atoms with Crippen LogP contribution >= 0.6 is 0 Å². The summed E-state index contributed by atoms with van der Waals surface area (Å²) in [4.78, 5) is 23.1. The van der Waals surface area contributed by atoms with Crippen LogP contribution in [0.1, 0.15) is 16.7 Å². The summed E-state index contributed by atoms with van der Waals surface area (Å²) in [6, 6.07) is 13.3. The first-order valence-corrected chi connectivity index (χ1v) is 8.35. The monoisotopic (exact) mass is 356 g/mol. The summed E-state index contributed by atoms with van der Waals surface area (Å²) in [6.07, 6.45) is 0. The molecule has 0 aromatic heterocycles. The van der Waals surface area contributed by atoms with Gasteiger partial charge in [0.25, 0.3) is 0 Å². The lowest BCUT2D eigenvalue weighted by Crippen LogP contribution is -2.29. The van der Waals surface area contributed by atoms with E-state index >= 15 is 0 Å². The number of hydrogen-bond donors (Lipinski definition) is 2. The minimum absolute atomic E-state index is 0.0846. The van der Waals surface area contributed by atoms with E-state index in [1.54, 1.807) is 12.1 Å². The Kier molecular flexibility index (Phi) is 7.02. The van der Waals surface area contributed by atoms with Gasteiger partial charge in [-0.15, -0.1) is 0 Å². The lowest BCUT2D eigenvalue weighted by atomic mass is 10.1. The van der Waals surface area contributed by atoms with Crippen molar-refractivity contribution < 1.29 is 19.1 Å². The second-order valence-electron chi connectivity index (χ2n) is 5.90. The smallest absolute Gasteiger partial charge is 0.343 e. The molecule has 0 spiro atoms. The van der Waals surface area contributed by atoms with Crippen molar-refractivity contribution in [1.29, 1.82) is 0 Å². The minimum Gasteiger partial charge on any atom is -0.482 e. The van der Waals surface area contributed by atoms with Gasteiger partial charge in [-0.2, -0.15) is 0 Å². The van der Waals surface area contributed by atoms with Gasteiger partial charge in [-0.25, -0.2) is 4.79 Å². The van der Waals surface area contributed by atoms with Gasteiger partial charge in [-0.05, 0) is 48.7 Å². The number of methoxy groups -OCH3 is 1. The van der Waals surface area contributed by atoms with Crippen LogP contribution in [0.25, 0.3) is 0 Å². The molecule has 0 aliphatic rings. The summed E-state index contributed by atoms with van der Waals surface area (Å²) < 4.78 is 9.87. The zero-order chi connectivity index (χ0) is 18.9. The van der Waals surface area contributed by atoms with Gasteiger partial charge in [-0.3, -0.25) is 4.79 Å². The Morgan fingerprint density at radius 3 is 2.50 bits per heavy atom. The summed E-state index contributed by atoms with van der Waals surface area (Å²) in [6.45, 7) is 4.47. The highest BCUT2D eigenvalue weighted by Gasteiger charge is 2.07. The number of amides is 1. The number of ether oxygens (including phenoxy) is 2. The Morgan fingerprint density at radius 1 is 1.04 bits per heavy atom. The first-order chi connectivity index (χ1) is 12.5. The molecule has 6 nitrogen and oxygen atoms in total. The predicted molar refractivity (Wildman–Crippen MR) is 100 cm³/mol. The fourth-order valence-corrected chi connectivity index (χ4v) is 2.37. The van der Waals surface area contributed by atoms with Crippen molar-refractivity contribution in [1.82, 2.24) is 5.32 Å². The summed E-state index contributed by atoms with van der Waals surface area (Å²) in [5, 5.41) is 6.01. The van der Waals surface area contributed by atoms with E-state index < -0.39 is 5.97 Å². The van der Waals surface area contributed by atoms with Crippen molar-refractivity contribution in [2.75, 3.05) is 25.6 Å². The van der Waals surface area contributed by atoms with E-state index in [9.17, 15) is 9.59 Å². The first-order valence-electron chi connectivity index (χ1n) is 8.35. The third-order valence-corrected chi connectivity index (χ3v) is 3.96. The summed E-state index contributed by atoms with van der Waals surface area (Å²) in [7, 11) is 1.31. The van der Waals surface area contributed by atoms with E-state index in [0.717, 1.165) is 22.4 Å². The molecule has 0 saturated heterocycles. The van der Waals surface area contributed by atoms with Crippen LogP contribution in [0, 0.1) is 13.8 Å². The molecule has 0 aliphatic heterocycles. The zero-order valence-electron chi connectivity index (χ0n) is 15.3. The van der Waals surface area contributed by atoms with Crippen molar-refractivity contribution in [3.8, 4) is 5.75 Å². The average Bonchev–Trinajstić information content (AvgIpc) is 2.64. The van der Waals surface area contributed by atoms with Crippen LogP contribution < -0.4 is 15.4 Å². The molecule has 0 bridgehead atoms. The van der Waals surface area contributed by atoms with Gasteiger partial charge in [0.2, 0.25) is 5.91 Å². The standard InChI is InChI=1S/C20H24N2O4/c1-14-6-4-5-7-16(14)11-22-19(23)12-21-18-9-8-17(10-15(18)2)26-13-20(24)25-3/h4-10,21H,11-13H2,1-3H3,(H,22,23). The van der Waals surface area contributed by atoms with E-state index in [1.165, 1.54) is 7.11 Å². The van der Waals surface area contributed by atoms with Crippen molar-refractivity contribution in [3.63, 3.8) is 0 Å². The zero-order valence-corrected chi connectivity index (χ0v) is 15.3. The highest BCUT2D eigenvalue weighted by molar-refractivity contribution is 5.81. The number of hydrogen-bond acceptors (Lipinski definition) is 5. The summed E-state index contributed by atoms with van der Waals surface area (Å²) >= 11 is 0. The molecule has 2 N–H and O–H groups in total. The Labute approximate surface area is 153 Å². The number of carbonyl (C=O) groups excluding carboxylic acids is 2. The van der Waals surface area contributed by atoms with Gasteiger partial charge in [-0.1, -0.05) is 24.3 Å². The van der Waals surface area contributed by atoms with Crippen LogP contribution in [0.15, 0.2) is 42.5 Å². The normalized spacial score (nSPS) is 10.1. The molecule has 0 radical (unpaired) electrons. The lowest BCUT2D eigenvalue weighted by molar-refractivity contribution is -0.142. The van der Waals surface area contributed by atoms with E-state index in [0.29, 0.717) is 12.3 Å². The minimum atomic E-state index is -0.435. The number of anilines is 1. The molecule has 2 aromatic carbocycles. The molecule has 0 fully saturated rings. The molecule has 0 atom stereocenters. The fraction of sp³-hybridized carbons (Fsp3) is 0.300. The number of esters is 1. The maximum Gasteiger partial charge on any atom is 0.343 e. The van der Waals surface area contributed by atoms with Crippen molar-refractivity contribution in [3.05, 3.63) is 59.2 Å². The molecule has 2 rings (SSSR count). The molecular weight excluding hydrogens is 332 g/mol. The van der Waals surface area contributed by atoms with Gasteiger partial charge in [0.1, 0.15) is 5.75 Å². The topological polar surface area (TPSA) is 76.7 Å². The second kappa shape index (κ2) is 9.46. The molecule has 0 saturated carbocycles. The van der Waals surface area contributed by atoms with Crippen LogP contribution in [0.2, 0.25) is 0 Å². The Bertz CT molecular complexity index is 774. The summed E-state index contributed by atoms with van der Waals surface area (Å²) in [5.41, 5.74) is 4.00. The molecule has 0 unspecified atom stereocenters. The average molecular weight is 356 g/mol. The third kappa shape index (κ3) is 5.81. The van der Waals surface area contributed by atoms with Crippen LogP contribution in [-0.2, 0) is 20.9 Å². The van der Waals surface area contributed by atoms with E-state index in [2.05, 4.69) is 15.4 Å². The predicted octanol–water partition coefficient (Wildman–Crippen LogP) is 2.58. The number of rotatable bonds is 8. The highest BCUT2D eigenvalue weighted by atomic mass is 16.6. The number of aryl methyl sites for hydroxylation is 2. The van der Waals surface area contributed by atoms with Crippen LogP contribution in [0.3, 0.4) is 0 Å². The Balaban J connectivity index is 1.82. The third-order valence-electron chi connectivity index (χ3n) is 3.96. The molecule has 6 heteroatoms. The Hall–Kier alpha value is -3.02. The molecule has 1 amide bonds. The summed E-state index contributed by atoms with van der Waals surface area (Å²) in [5.74, 6) is 0.0521. The van der Waals surface area contributed by atoms with E-state index in [4.69, 9.17) is 4.74 Å². The van der Waals surface area contributed by atoms with Gasteiger partial charge in [0.05, 0.1) is 13.7 Å². The van der Waals surface area contributed by atoms with Crippen LogP contribution in [-0.4, -0.2) is 32.1 Å². The number of benzene rings is 2. The van der Waals surface area contributed by atoms with Crippen molar-refractivity contribution >= 4 is 17.6 Å². The van der Waals surface area contributed by atoms with Crippen LogP contribution in [0.4, 0.5) is 5.69 Å². The SMILES string of the molecule is COC(=O)COc1ccc(NCC(=O)NCc2ccccc2C)c(C)c1. The molecule has 0 heterocycles.